The molecule has 1 atom stereocenters. The lowest BCUT2D eigenvalue weighted by atomic mass is 10.3. The number of nitrogens with zero attached hydrogens (tertiary/aromatic N) is 3. The second kappa shape index (κ2) is 5.30. The number of H-pyrrole nitrogens is 1. The van der Waals surface area contributed by atoms with Crippen LogP contribution in [0.2, 0.25) is 0 Å². The van der Waals surface area contributed by atoms with Gasteiger partial charge in [0.25, 0.3) is 0 Å². The SMILES string of the molecule is CC(NS(=O)(=O)c1cnccc1NN)c1ncn[nH]1. The molecule has 9 nitrogen and oxygen atoms in total. The zero-order valence-electron chi connectivity index (χ0n) is 10.0. The van der Waals surface area contributed by atoms with Crippen LogP contribution in [0, 0.1) is 0 Å². The molecule has 0 saturated heterocycles. The van der Waals surface area contributed by atoms with E-state index in [0.29, 0.717) is 5.82 Å². The second-order valence-electron chi connectivity index (χ2n) is 3.73. The maximum absolute atomic E-state index is 12.2. The smallest absolute Gasteiger partial charge is 0.244 e. The Morgan fingerprint density at radius 1 is 1.47 bits per heavy atom. The average Bonchev–Trinajstić information content (AvgIpc) is 2.92. The molecule has 0 aliphatic heterocycles. The molecule has 1 unspecified atom stereocenters. The van der Waals surface area contributed by atoms with Gasteiger partial charge in [0, 0.05) is 12.4 Å². The summed E-state index contributed by atoms with van der Waals surface area (Å²) in [4.78, 5) is 7.63. The Hall–Kier alpha value is -2.04. The molecule has 0 radical (unpaired) electrons. The fourth-order valence-corrected chi connectivity index (χ4v) is 2.81. The highest BCUT2D eigenvalue weighted by Gasteiger charge is 2.22. The molecule has 0 saturated carbocycles. The summed E-state index contributed by atoms with van der Waals surface area (Å²) in [6.45, 7) is 1.64. The van der Waals surface area contributed by atoms with Gasteiger partial charge in [0.15, 0.2) is 0 Å². The normalized spacial score (nSPS) is 13.2. The van der Waals surface area contributed by atoms with Crippen LogP contribution in [0.4, 0.5) is 5.69 Å². The number of sulfonamides is 1. The van der Waals surface area contributed by atoms with Crippen LogP contribution in [-0.4, -0.2) is 28.6 Å². The highest BCUT2D eigenvalue weighted by Crippen LogP contribution is 2.20. The summed E-state index contributed by atoms with van der Waals surface area (Å²) in [5.41, 5.74) is 2.57. The summed E-state index contributed by atoms with van der Waals surface area (Å²) in [6.07, 6.45) is 3.95. The molecular weight excluding hydrogens is 270 g/mol. The summed E-state index contributed by atoms with van der Waals surface area (Å²) in [5.74, 6) is 5.69. The van der Waals surface area contributed by atoms with Crippen molar-refractivity contribution in [3.8, 4) is 0 Å². The van der Waals surface area contributed by atoms with E-state index in [1.165, 1.54) is 24.8 Å². The zero-order valence-corrected chi connectivity index (χ0v) is 10.8. The molecule has 102 valence electrons. The summed E-state index contributed by atoms with van der Waals surface area (Å²) in [6, 6.07) is 0.909. The lowest BCUT2D eigenvalue weighted by molar-refractivity contribution is 0.560. The number of hydrogen-bond donors (Lipinski definition) is 4. The van der Waals surface area contributed by atoms with Gasteiger partial charge < -0.3 is 5.43 Å². The molecule has 0 aliphatic rings. The van der Waals surface area contributed by atoms with Crippen molar-refractivity contribution in [2.45, 2.75) is 17.9 Å². The van der Waals surface area contributed by atoms with Crippen LogP contribution >= 0.6 is 0 Å². The van der Waals surface area contributed by atoms with Crippen LogP contribution in [0.25, 0.3) is 0 Å². The van der Waals surface area contributed by atoms with E-state index in [1.54, 1.807) is 6.92 Å². The standard InChI is InChI=1S/C9H13N7O2S/c1-6(9-12-5-13-15-9)16-19(17,18)8-4-11-3-2-7(8)14-10/h2-6,16H,10H2,1H3,(H,11,14)(H,12,13,15). The maximum atomic E-state index is 12.2. The molecule has 2 heterocycles. The first-order valence-corrected chi connectivity index (χ1v) is 6.81. The van der Waals surface area contributed by atoms with Crippen molar-refractivity contribution in [2.24, 2.45) is 5.84 Å². The summed E-state index contributed by atoms with van der Waals surface area (Å²) >= 11 is 0. The first kappa shape index (κ1) is 13.4. The molecule has 10 heteroatoms. The predicted molar refractivity (Wildman–Crippen MR) is 67.2 cm³/mol. The highest BCUT2D eigenvalue weighted by molar-refractivity contribution is 7.89. The van der Waals surface area contributed by atoms with E-state index in [9.17, 15) is 8.42 Å². The molecule has 0 spiro atoms. The average molecular weight is 283 g/mol. The van der Waals surface area contributed by atoms with Crippen LogP contribution in [0.15, 0.2) is 29.7 Å². The second-order valence-corrected chi connectivity index (χ2v) is 5.41. The minimum absolute atomic E-state index is 0.0381. The van der Waals surface area contributed by atoms with E-state index in [4.69, 9.17) is 5.84 Å². The molecule has 0 aliphatic carbocycles. The molecule has 0 amide bonds. The van der Waals surface area contributed by atoms with Gasteiger partial charge in [-0.05, 0) is 13.0 Å². The number of rotatable bonds is 5. The van der Waals surface area contributed by atoms with Gasteiger partial charge in [-0.3, -0.25) is 15.9 Å². The lowest BCUT2D eigenvalue weighted by Gasteiger charge is -2.13. The number of nitrogens with two attached hydrogens (primary N) is 1. The summed E-state index contributed by atoms with van der Waals surface area (Å²) < 4.78 is 26.9. The van der Waals surface area contributed by atoms with Gasteiger partial charge >= 0.3 is 0 Å². The highest BCUT2D eigenvalue weighted by atomic mass is 32.2. The molecule has 0 bridgehead atoms. The number of aromatic amines is 1. The topological polar surface area (TPSA) is 139 Å². The Morgan fingerprint density at radius 3 is 2.89 bits per heavy atom. The molecule has 0 aromatic carbocycles. The van der Waals surface area contributed by atoms with Gasteiger partial charge in [-0.1, -0.05) is 0 Å². The van der Waals surface area contributed by atoms with Gasteiger partial charge in [-0.25, -0.2) is 18.1 Å². The zero-order chi connectivity index (χ0) is 13.9. The van der Waals surface area contributed by atoms with E-state index >= 15 is 0 Å². The quantitative estimate of drug-likeness (QED) is 0.429. The van der Waals surface area contributed by atoms with Crippen molar-refractivity contribution >= 4 is 15.7 Å². The van der Waals surface area contributed by atoms with Crippen LogP contribution in [0.5, 0.6) is 0 Å². The Morgan fingerprint density at radius 2 is 2.26 bits per heavy atom. The van der Waals surface area contributed by atoms with E-state index in [1.807, 2.05) is 0 Å². The first-order valence-electron chi connectivity index (χ1n) is 5.33. The molecular formula is C9H13N7O2S. The van der Waals surface area contributed by atoms with Crippen molar-refractivity contribution in [3.05, 3.63) is 30.6 Å². The Bertz CT molecular complexity index is 640. The summed E-state index contributed by atoms with van der Waals surface area (Å²) in [5, 5.41) is 6.26. The van der Waals surface area contributed by atoms with Gasteiger partial charge in [-0.2, -0.15) is 5.10 Å². The van der Waals surface area contributed by atoms with Crippen molar-refractivity contribution in [1.29, 1.82) is 0 Å². The molecule has 2 aromatic rings. The van der Waals surface area contributed by atoms with Crippen molar-refractivity contribution < 1.29 is 8.42 Å². The van der Waals surface area contributed by atoms with E-state index in [-0.39, 0.29) is 10.6 Å². The third kappa shape index (κ3) is 2.86. The third-order valence-corrected chi connectivity index (χ3v) is 3.97. The number of nitrogen functional groups attached to an aromatic ring is 1. The number of anilines is 1. The number of pyridine rings is 1. The Kier molecular flexibility index (Phi) is 3.74. The van der Waals surface area contributed by atoms with Gasteiger partial charge in [0.1, 0.15) is 17.0 Å². The van der Waals surface area contributed by atoms with Crippen LogP contribution < -0.4 is 16.0 Å². The predicted octanol–water partition coefficient (Wildman–Crippen LogP) is -0.475. The van der Waals surface area contributed by atoms with Crippen molar-refractivity contribution in [3.63, 3.8) is 0 Å². The number of hydrogen-bond acceptors (Lipinski definition) is 7. The molecule has 2 aromatic heterocycles. The minimum Gasteiger partial charge on any atom is -0.323 e. The van der Waals surface area contributed by atoms with E-state index < -0.39 is 16.1 Å². The molecule has 19 heavy (non-hydrogen) atoms. The maximum Gasteiger partial charge on any atom is 0.244 e. The largest absolute Gasteiger partial charge is 0.323 e. The van der Waals surface area contributed by atoms with Gasteiger partial charge in [0.05, 0.1) is 11.7 Å². The first-order chi connectivity index (χ1) is 9.04. The molecule has 0 fully saturated rings. The fourth-order valence-electron chi connectivity index (χ4n) is 1.49. The van der Waals surface area contributed by atoms with Crippen molar-refractivity contribution in [2.75, 3.05) is 5.43 Å². The third-order valence-electron chi connectivity index (χ3n) is 2.41. The van der Waals surface area contributed by atoms with Gasteiger partial charge in [0.2, 0.25) is 10.0 Å². The Labute approximate surface area is 109 Å². The Balaban J connectivity index is 2.28. The van der Waals surface area contributed by atoms with E-state index in [2.05, 4.69) is 30.3 Å². The number of hydrazine groups is 1. The van der Waals surface area contributed by atoms with Crippen molar-refractivity contribution in [1.82, 2.24) is 24.9 Å². The fraction of sp³-hybridized carbons (Fsp3) is 0.222. The van der Waals surface area contributed by atoms with Gasteiger partial charge in [-0.15, -0.1) is 0 Å². The number of aromatic nitrogens is 4. The lowest BCUT2D eigenvalue weighted by Crippen LogP contribution is -2.28. The number of nitrogens with one attached hydrogen (secondary N) is 3. The molecule has 2 rings (SSSR count). The van der Waals surface area contributed by atoms with Crippen LogP contribution in [0.1, 0.15) is 18.8 Å². The summed E-state index contributed by atoms with van der Waals surface area (Å²) in [7, 11) is -3.77. The van der Waals surface area contributed by atoms with Crippen LogP contribution in [-0.2, 0) is 10.0 Å². The molecule has 5 N–H and O–H groups in total. The van der Waals surface area contributed by atoms with Crippen LogP contribution in [0.3, 0.4) is 0 Å². The minimum atomic E-state index is -3.77. The van der Waals surface area contributed by atoms with E-state index in [0.717, 1.165) is 0 Å². The monoisotopic (exact) mass is 283 g/mol.